The molecule has 0 saturated carbocycles. The number of hydrogen-bond acceptors (Lipinski definition) is 3. The van der Waals surface area contributed by atoms with E-state index < -0.39 is 5.91 Å². The highest BCUT2D eigenvalue weighted by atomic mass is 16.5. The van der Waals surface area contributed by atoms with Crippen molar-refractivity contribution in [3.8, 4) is 5.75 Å². The number of nitrogens with one attached hydrogen (secondary N) is 1. The minimum Gasteiger partial charge on any atom is -0.496 e. The third-order valence-corrected chi connectivity index (χ3v) is 1.66. The number of amides is 1. The fourth-order valence-corrected chi connectivity index (χ4v) is 1.01. The van der Waals surface area contributed by atoms with Crippen LogP contribution in [0.5, 0.6) is 5.75 Å². The van der Waals surface area contributed by atoms with Crippen LogP contribution in [-0.4, -0.2) is 18.2 Å². The van der Waals surface area contributed by atoms with Gasteiger partial charge in [0.15, 0.2) is 0 Å². The van der Waals surface area contributed by atoms with Crippen molar-refractivity contribution in [2.75, 3.05) is 7.11 Å². The summed E-state index contributed by atoms with van der Waals surface area (Å²) in [4.78, 5) is 10.7. The van der Waals surface area contributed by atoms with Crippen LogP contribution >= 0.6 is 0 Å². The molecule has 2 N–H and O–H groups in total. The molecular formula is C10H11NO3. The molecule has 0 heterocycles. The van der Waals surface area contributed by atoms with Gasteiger partial charge in [-0.1, -0.05) is 18.2 Å². The number of carbonyl (C=O) groups is 1. The molecule has 0 aliphatic rings. The summed E-state index contributed by atoms with van der Waals surface area (Å²) in [6.07, 6.45) is 2.78. The van der Waals surface area contributed by atoms with E-state index in [2.05, 4.69) is 0 Å². The maximum absolute atomic E-state index is 10.7. The zero-order valence-corrected chi connectivity index (χ0v) is 7.73. The Morgan fingerprint density at radius 1 is 1.50 bits per heavy atom. The van der Waals surface area contributed by atoms with Crippen LogP contribution in [0.25, 0.3) is 6.08 Å². The highest BCUT2D eigenvalue weighted by molar-refractivity contribution is 5.91. The molecule has 0 fully saturated rings. The summed E-state index contributed by atoms with van der Waals surface area (Å²) in [5.41, 5.74) is 2.28. The average Bonchev–Trinajstić information content (AvgIpc) is 2.26. The van der Waals surface area contributed by atoms with Gasteiger partial charge in [0.05, 0.1) is 7.11 Å². The van der Waals surface area contributed by atoms with E-state index >= 15 is 0 Å². The smallest absolute Gasteiger partial charge is 0.267 e. The Bertz CT molecular complexity index is 347. The van der Waals surface area contributed by atoms with Crippen molar-refractivity contribution in [1.82, 2.24) is 5.48 Å². The van der Waals surface area contributed by atoms with E-state index in [4.69, 9.17) is 9.94 Å². The maximum Gasteiger partial charge on any atom is 0.267 e. The number of para-hydroxylation sites is 1. The molecule has 0 saturated heterocycles. The fraction of sp³-hybridized carbons (Fsp3) is 0.100. The summed E-state index contributed by atoms with van der Waals surface area (Å²) in [7, 11) is 1.55. The van der Waals surface area contributed by atoms with Crippen LogP contribution in [-0.2, 0) is 4.79 Å². The fourth-order valence-electron chi connectivity index (χ4n) is 1.01. The molecule has 0 bridgehead atoms. The molecule has 4 heteroatoms. The Morgan fingerprint density at radius 2 is 2.21 bits per heavy atom. The third kappa shape index (κ3) is 2.60. The summed E-state index contributed by atoms with van der Waals surface area (Å²) < 4.78 is 5.07. The van der Waals surface area contributed by atoms with Crippen LogP contribution < -0.4 is 10.2 Å². The lowest BCUT2D eigenvalue weighted by Crippen LogP contribution is -2.14. The highest BCUT2D eigenvalue weighted by Crippen LogP contribution is 2.18. The van der Waals surface area contributed by atoms with Crippen molar-refractivity contribution >= 4 is 12.0 Å². The summed E-state index contributed by atoms with van der Waals surface area (Å²) in [5, 5.41) is 8.26. The molecule has 0 aromatic heterocycles. The van der Waals surface area contributed by atoms with Crippen molar-refractivity contribution in [3.63, 3.8) is 0 Å². The van der Waals surface area contributed by atoms with Gasteiger partial charge in [0.2, 0.25) is 0 Å². The molecule has 14 heavy (non-hydrogen) atoms. The second kappa shape index (κ2) is 5.04. The average molecular weight is 193 g/mol. The Morgan fingerprint density at radius 3 is 2.86 bits per heavy atom. The molecule has 0 radical (unpaired) electrons. The van der Waals surface area contributed by atoms with Crippen LogP contribution in [0.1, 0.15) is 5.56 Å². The second-order valence-corrected chi connectivity index (χ2v) is 2.55. The summed E-state index contributed by atoms with van der Waals surface area (Å²) in [5.74, 6) is 0.102. The molecule has 1 aromatic carbocycles. The minimum absolute atomic E-state index is 0.573. The SMILES string of the molecule is COc1ccccc1C=CC(=O)NO. The number of hydrogen-bond donors (Lipinski definition) is 2. The lowest BCUT2D eigenvalue weighted by atomic mass is 10.2. The molecule has 0 unspecified atom stereocenters. The quantitative estimate of drug-likeness (QED) is 0.431. The van der Waals surface area contributed by atoms with Crippen LogP contribution in [0.3, 0.4) is 0 Å². The van der Waals surface area contributed by atoms with Crippen LogP contribution in [0, 0.1) is 0 Å². The summed E-state index contributed by atoms with van der Waals surface area (Å²) >= 11 is 0. The predicted octanol–water partition coefficient (Wildman–Crippen LogP) is 1.21. The largest absolute Gasteiger partial charge is 0.496 e. The van der Waals surface area contributed by atoms with Gasteiger partial charge in [0, 0.05) is 11.6 Å². The first-order chi connectivity index (χ1) is 6.77. The number of benzene rings is 1. The molecular weight excluding hydrogens is 182 g/mol. The van der Waals surface area contributed by atoms with E-state index in [1.807, 2.05) is 12.1 Å². The summed E-state index contributed by atoms with van der Waals surface area (Å²) in [6, 6.07) is 7.26. The first kappa shape index (κ1) is 10.3. The Balaban J connectivity index is 2.85. The van der Waals surface area contributed by atoms with Gasteiger partial charge in [-0.3, -0.25) is 10.0 Å². The number of ether oxygens (including phenoxy) is 1. The van der Waals surface area contributed by atoms with Crippen LogP contribution in [0.2, 0.25) is 0 Å². The zero-order valence-electron chi connectivity index (χ0n) is 7.73. The standard InChI is InChI=1S/C10H11NO3/c1-14-9-5-3-2-4-8(9)6-7-10(12)11-13/h2-7,13H,1H3,(H,11,12). The van der Waals surface area contributed by atoms with Crippen molar-refractivity contribution in [3.05, 3.63) is 35.9 Å². The van der Waals surface area contributed by atoms with Gasteiger partial charge >= 0.3 is 0 Å². The van der Waals surface area contributed by atoms with Crippen LogP contribution in [0.15, 0.2) is 30.3 Å². The van der Waals surface area contributed by atoms with E-state index in [0.717, 1.165) is 5.56 Å². The molecule has 0 atom stereocenters. The molecule has 0 aliphatic carbocycles. The highest BCUT2D eigenvalue weighted by Gasteiger charge is 1.97. The first-order valence-corrected chi connectivity index (χ1v) is 4.03. The second-order valence-electron chi connectivity index (χ2n) is 2.55. The Kier molecular flexibility index (Phi) is 3.69. The van der Waals surface area contributed by atoms with E-state index in [0.29, 0.717) is 5.75 Å². The van der Waals surface area contributed by atoms with Crippen molar-refractivity contribution in [1.29, 1.82) is 0 Å². The van der Waals surface area contributed by atoms with Gasteiger partial charge in [0.25, 0.3) is 5.91 Å². The van der Waals surface area contributed by atoms with E-state index in [9.17, 15) is 4.79 Å². The number of rotatable bonds is 3. The lowest BCUT2D eigenvalue weighted by Gasteiger charge is -2.02. The molecule has 1 amide bonds. The molecule has 0 aliphatic heterocycles. The van der Waals surface area contributed by atoms with Gasteiger partial charge < -0.3 is 4.74 Å². The van der Waals surface area contributed by atoms with Crippen LogP contribution in [0.4, 0.5) is 0 Å². The number of carbonyl (C=O) groups excluding carboxylic acids is 1. The third-order valence-electron chi connectivity index (χ3n) is 1.66. The Labute approximate surface area is 81.8 Å². The lowest BCUT2D eigenvalue weighted by molar-refractivity contribution is -0.124. The van der Waals surface area contributed by atoms with E-state index in [1.165, 1.54) is 11.6 Å². The van der Waals surface area contributed by atoms with Crippen molar-refractivity contribution in [2.45, 2.75) is 0 Å². The Hall–Kier alpha value is -1.81. The summed E-state index contributed by atoms with van der Waals surface area (Å²) in [6.45, 7) is 0. The van der Waals surface area contributed by atoms with Gasteiger partial charge in [-0.15, -0.1) is 0 Å². The monoisotopic (exact) mass is 193 g/mol. The first-order valence-electron chi connectivity index (χ1n) is 4.03. The molecule has 1 aromatic rings. The normalized spacial score (nSPS) is 10.1. The topological polar surface area (TPSA) is 58.6 Å². The predicted molar refractivity (Wildman–Crippen MR) is 52.0 cm³/mol. The molecule has 1 rings (SSSR count). The number of methoxy groups -OCH3 is 1. The van der Waals surface area contributed by atoms with Crippen molar-refractivity contribution < 1.29 is 14.7 Å². The van der Waals surface area contributed by atoms with Gasteiger partial charge in [-0.2, -0.15) is 0 Å². The van der Waals surface area contributed by atoms with E-state index in [1.54, 1.807) is 25.3 Å². The molecule has 4 nitrogen and oxygen atoms in total. The van der Waals surface area contributed by atoms with Gasteiger partial charge in [-0.25, -0.2) is 5.48 Å². The number of hydroxylamine groups is 1. The van der Waals surface area contributed by atoms with E-state index in [-0.39, 0.29) is 0 Å². The van der Waals surface area contributed by atoms with Gasteiger partial charge in [-0.05, 0) is 12.1 Å². The minimum atomic E-state index is -0.573. The van der Waals surface area contributed by atoms with Crippen molar-refractivity contribution in [2.24, 2.45) is 0 Å². The zero-order chi connectivity index (χ0) is 10.4. The van der Waals surface area contributed by atoms with Gasteiger partial charge in [0.1, 0.15) is 5.75 Å². The molecule has 0 spiro atoms. The molecule has 74 valence electrons. The maximum atomic E-state index is 10.7.